The van der Waals surface area contributed by atoms with E-state index in [9.17, 15) is 24.3 Å². The highest BCUT2D eigenvalue weighted by Gasteiger charge is 2.89. The van der Waals surface area contributed by atoms with E-state index in [2.05, 4.69) is 58.9 Å². The highest BCUT2D eigenvalue weighted by molar-refractivity contribution is 7.15. The lowest BCUT2D eigenvalue weighted by molar-refractivity contribution is -0.175. The van der Waals surface area contributed by atoms with E-state index in [1.165, 1.54) is 9.78 Å². The summed E-state index contributed by atoms with van der Waals surface area (Å²) in [5, 5.41) is 27.7. The minimum absolute atomic E-state index is 0.0100. The second-order valence-corrected chi connectivity index (χ2v) is 24.8. The van der Waals surface area contributed by atoms with E-state index in [1.807, 2.05) is 95.6 Å². The predicted molar refractivity (Wildman–Crippen MR) is 282 cm³/mol. The minimum atomic E-state index is -0.907. The van der Waals surface area contributed by atoms with Crippen molar-refractivity contribution in [3.8, 4) is 15.4 Å². The molecule has 16 nitrogen and oxygen atoms in total. The van der Waals surface area contributed by atoms with E-state index in [-0.39, 0.29) is 66.7 Å². The highest BCUT2D eigenvalue weighted by Crippen LogP contribution is 2.73. The summed E-state index contributed by atoms with van der Waals surface area (Å²) in [6, 6.07) is 13.5. The number of piperidine rings is 1. The summed E-state index contributed by atoms with van der Waals surface area (Å²) in [7, 11) is 0. The van der Waals surface area contributed by atoms with E-state index in [0.717, 1.165) is 93.8 Å². The summed E-state index contributed by atoms with van der Waals surface area (Å²) >= 11 is 9.61. The summed E-state index contributed by atoms with van der Waals surface area (Å²) in [5.41, 5.74) is 7.97. The van der Waals surface area contributed by atoms with Crippen LogP contribution in [0, 0.1) is 33.1 Å². The van der Waals surface area contributed by atoms with Crippen LogP contribution in [-0.4, -0.2) is 148 Å². The number of aliphatic imine (C=N–C) groups is 1. The quantitative estimate of drug-likeness (QED) is 0.125. The number of nitrogens with zero attached hydrogens (tertiary/aromatic N) is 9. The molecular formula is C54H64ClN11O5S2. The number of hydrogen-bond acceptors (Lipinski definition) is 13. The molecule has 5 fully saturated rings. The predicted octanol–water partition coefficient (Wildman–Crippen LogP) is 6.50. The fourth-order valence-corrected chi connectivity index (χ4v) is 14.6. The van der Waals surface area contributed by atoms with Gasteiger partial charge in [-0.1, -0.05) is 68.8 Å². The van der Waals surface area contributed by atoms with Gasteiger partial charge in [0, 0.05) is 66.2 Å². The maximum absolute atomic E-state index is 14.4. The summed E-state index contributed by atoms with van der Waals surface area (Å²) in [5.74, 6) is 0.564. The first-order valence-corrected chi connectivity index (χ1v) is 27.6. The smallest absolute Gasteiger partial charge is 0.246 e. The number of aromatic nitrogens is 4. The SMILES string of the molecule is Cc1ncsc1-c1ccc([C@H](C)NC(=O)[C@@H]2C[C@@H](O)CN2C(=O)[C@@H](NC(=O)CN2CCC(N3C[C@@]45C[C@@]34CN5C(=O)C[C@@H]3N=C(c4ccc(Cl)cc4)c4c(sc(C)c4C)-n4c(C)nnc43)CC2)C(C)(C)C)cc1. The molecule has 5 aromatic rings. The first kappa shape index (κ1) is 49.8. The lowest BCUT2D eigenvalue weighted by Crippen LogP contribution is -2.81. The molecule has 0 unspecified atom stereocenters. The van der Waals surface area contributed by atoms with Crippen LogP contribution in [0.2, 0.25) is 5.02 Å². The van der Waals surface area contributed by atoms with E-state index < -0.39 is 29.6 Å². The third-order valence-electron chi connectivity index (χ3n) is 16.7. The molecule has 4 amide bonds. The van der Waals surface area contributed by atoms with Crippen LogP contribution in [0.1, 0.15) is 116 Å². The highest BCUT2D eigenvalue weighted by atomic mass is 35.5. The second-order valence-electron chi connectivity index (χ2n) is 22.3. The van der Waals surface area contributed by atoms with Crippen LogP contribution in [0.25, 0.3) is 15.4 Å². The number of piperazine rings is 1. The first-order chi connectivity index (χ1) is 34.8. The van der Waals surface area contributed by atoms with Gasteiger partial charge in [-0.2, -0.15) is 0 Å². The van der Waals surface area contributed by atoms with Crippen LogP contribution < -0.4 is 10.6 Å². The molecular weight excluding hydrogens is 982 g/mol. The molecule has 19 heteroatoms. The number of halogens is 1. The lowest BCUT2D eigenvalue weighted by Gasteiger charge is -2.64. The molecule has 384 valence electrons. The molecule has 0 bridgehead atoms. The van der Waals surface area contributed by atoms with Crippen LogP contribution in [0.5, 0.6) is 0 Å². The van der Waals surface area contributed by atoms with Crippen molar-refractivity contribution >= 4 is 63.6 Å². The van der Waals surface area contributed by atoms with Gasteiger partial charge in [0.1, 0.15) is 29.0 Å². The van der Waals surface area contributed by atoms with E-state index in [0.29, 0.717) is 23.4 Å². The van der Waals surface area contributed by atoms with Gasteiger partial charge in [-0.3, -0.25) is 38.5 Å². The summed E-state index contributed by atoms with van der Waals surface area (Å²) in [6.45, 7) is 19.0. The number of thiazole rings is 1. The van der Waals surface area contributed by atoms with Gasteiger partial charge in [0.05, 0.1) is 58.0 Å². The average Bonchev–Trinajstić information content (AvgIpc) is 4.06. The summed E-state index contributed by atoms with van der Waals surface area (Å²) in [6.07, 6.45) is 2.23. The Labute approximate surface area is 439 Å². The Morgan fingerprint density at radius 3 is 2.30 bits per heavy atom. The molecule has 7 atom stereocenters. The van der Waals surface area contributed by atoms with Gasteiger partial charge in [-0.15, -0.1) is 32.9 Å². The van der Waals surface area contributed by atoms with Crippen molar-refractivity contribution in [1.29, 1.82) is 0 Å². The number of carbonyl (C=O) groups excluding carboxylic acids is 4. The largest absolute Gasteiger partial charge is 0.391 e. The van der Waals surface area contributed by atoms with Crippen molar-refractivity contribution in [2.24, 2.45) is 10.4 Å². The number of amides is 4. The van der Waals surface area contributed by atoms with Gasteiger partial charge in [-0.25, -0.2) is 4.98 Å². The molecule has 0 spiro atoms. The maximum atomic E-state index is 14.4. The Hall–Kier alpha value is -5.37. The van der Waals surface area contributed by atoms with E-state index >= 15 is 0 Å². The topological polar surface area (TPSA) is 181 Å². The van der Waals surface area contributed by atoms with Crippen LogP contribution in [0.4, 0.5) is 0 Å². The number of nitrogens with one attached hydrogen (secondary N) is 2. The van der Waals surface area contributed by atoms with Crippen molar-refractivity contribution in [3.63, 3.8) is 0 Å². The second kappa shape index (κ2) is 18.5. The number of likely N-dealkylation sites (tertiary alicyclic amines) is 4. The van der Waals surface area contributed by atoms with E-state index in [4.69, 9.17) is 16.6 Å². The molecule has 4 saturated heterocycles. The monoisotopic (exact) mass is 1050 g/mol. The number of aliphatic hydroxyl groups is 1. The fourth-order valence-electron chi connectivity index (χ4n) is 12.4. The van der Waals surface area contributed by atoms with Crippen LogP contribution in [0.3, 0.4) is 0 Å². The number of hydrogen-bond donors (Lipinski definition) is 3. The van der Waals surface area contributed by atoms with Crippen molar-refractivity contribution in [3.05, 3.63) is 104 Å². The molecule has 0 radical (unpaired) electrons. The zero-order valence-corrected chi connectivity index (χ0v) is 45.1. The Morgan fingerprint density at radius 1 is 0.932 bits per heavy atom. The number of fused-ring (bicyclic) bond motifs is 3. The van der Waals surface area contributed by atoms with Crippen LogP contribution in [0.15, 0.2) is 59.0 Å². The van der Waals surface area contributed by atoms with Crippen molar-refractivity contribution in [1.82, 2.24) is 50.0 Å². The zero-order valence-electron chi connectivity index (χ0n) is 42.7. The van der Waals surface area contributed by atoms with Crippen LogP contribution in [-0.2, 0) is 19.2 Å². The molecule has 3 N–H and O–H groups in total. The minimum Gasteiger partial charge on any atom is -0.391 e. The number of aliphatic hydroxyl groups excluding tert-OH is 1. The van der Waals surface area contributed by atoms with Gasteiger partial charge in [0.25, 0.3) is 0 Å². The molecule has 1 saturated carbocycles. The molecule has 2 aromatic carbocycles. The Morgan fingerprint density at radius 2 is 1.64 bits per heavy atom. The maximum Gasteiger partial charge on any atom is 0.246 e. The Balaban J connectivity index is 0.685. The van der Waals surface area contributed by atoms with Crippen LogP contribution >= 0.6 is 34.3 Å². The van der Waals surface area contributed by atoms with Crippen molar-refractivity contribution in [2.45, 2.75) is 135 Å². The normalized spacial score (nSPS) is 25.5. The molecule has 8 heterocycles. The molecule has 3 aromatic heterocycles. The number of thiophene rings is 1. The van der Waals surface area contributed by atoms with Gasteiger partial charge in [0.2, 0.25) is 23.6 Å². The standard InChI is InChI=1S/C54H64ClN11O5S2/c1-29-32(4)73-51-44(29)45(35-13-15-37(55)16-14-35)58-40(48-61-60-33(5)66(48)51)22-43(69)65-27-53-25-54(53,65)26-64(53)38-17-19-62(20-18-38)24-42(68)59-47(52(6,7)8)50(71)63-23-39(67)21-41(63)49(70)57-30(2)34-9-11-36(12-10-34)46-31(3)56-28-72-46/h9-16,28,30,38-41,47,67H,17-27H2,1-8H3,(H,57,70)(H,59,68)/t30-,39+,40-,41-,47+,53-,54-/m0/s1. The number of aryl methyl sites for hydroxylation is 3. The van der Waals surface area contributed by atoms with Gasteiger partial charge in [-0.05, 0) is 88.1 Å². The number of rotatable bonds is 12. The van der Waals surface area contributed by atoms with Gasteiger partial charge >= 0.3 is 0 Å². The first-order valence-electron chi connectivity index (χ1n) is 25.5. The number of benzene rings is 2. The summed E-state index contributed by atoms with van der Waals surface area (Å²) < 4.78 is 2.09. The Kier molecular flexibility index (Phi) is 12.6. The lowest BCUT2D eigenvalue weighted by atomic mass is 9.81. The van der Waals surface area contributed by atoms with E-state index in [1.54, 1.807) is 22.7 Å². The molecule has 73 heavy (non-hydrogen) atoms. The molecule has 5 aliphatic heterocycles. The van der Waals surface area contributed by atoms with Crippen molar-refractivity contribution < 1.29 is 24.3 Å². The zero-order chi connectivity index (χ0) is 51.5. The number of carbonyl (C=O) groups is 4. The van der Waals surface area contributed by atoms with Crippen molar-refractivity contribution in [2.75, 3.05) is 39.3 Å². The van der Waals surface area contributed by atoms with Gasteiger partial charge < -0.3 is 25.5 Å². The number of β-amino-alcohol motifs (C(OH)–C–C–N with tert-alkyl or cyclic N) is 1. The molecule has 6 aliphatic rings. The third kappa shape index (κ3) is 8.53. The third-order valence-corrected chi connectivity index (χ3v) is 19.1. The summed E-state index contributed by atoms with van der Waals surface area (Å²) in [4.78, 5) is 76.7. The fraction of sp³-hybridized carbons (Fsp3) is 0.519. The Bertz CT molecular complexity index is 3050. The molecule has 1 aliphatic carbocycles. The van der Waals surface area contributed by atoms with Gasteiger partial charge in [0.15, 0.2) is 5.82 Å². The molecule has 11 rings (SSSR count). The average molecular weight is 1050 g/mol.